The fraction of sp³-hybridized carbons (Fsp3) is 0.708. The second kappa shape index (κ2) is 9.41. The zero-order valence-electron chi connectivity index (χ0n) is 18.1. The van der Waals surface area contributed by atoms with Gasteiger partial charge in [0.05, 0.1) is 19.3 Å². The first-order chi connectivity index (χ1) is 13.4. The fourth-order valence-electron chi connectivity index (χ4n) is 4.96. The molecule has 3 rings (SSSR count). The van der Waals surface area contributed by atoms with Gasteiger partial charge in [0, 0.05) is 25.0 Å². The third-order valence-corrected chi connectivity index (χ3v) is 6.75. The summed E-state index contributed by atoms with van der Waals surface area (Å²) < 4.78 is 5.55. The predicted octanol–water partition coefficient (Wildman–Crippen LogP) is 4.42. The lowest BCUT2D eigenvalue weighted by atomic mass is 9.69. The molecular formula is C24H38N2O2. The maximum Gasteiger partial charge on any atom is 0.223 e. The van der Waals surface area contributed by atoms with Gasteiger partial charge in [-0.25, -0.2) is 0 Å². The Hall–Kier alpha value is -1.39. The quantitative estimate of drug-likeness (QED) is 0.815. The molecule has 0 radical (unpaired) electrons. The van der Waals surface area contributed by atoms with Gasteiger partial charge in [0.15, 0.2) is 0 Å². The number of amides is 1. The molecule has 28 heavy (non-hydrogen) atoms. The molecule has 0 bridgehead atoms. The number of hydrogen-bond donors (Lipinski definition) is 1. The van der Waals surface area contributed by atoms with E-state index in [0.29, 0.717) is 5.41 Å². The van der Waals surface area contributed by atoms with Crippen LogP contribution in [0.3, 0.4) is 0 Å². The molecule has 2 aliphatic rings. The Morgan fingerprint density at radius 2 is 1.68 bits per heavy atom. The molecule has 2 fully saturated rings. The zero-order chi connectivity index (χ0) is 20.1. The lowest BCUT2D eigenvalue weighted by molar-refractivity contribution is -0.127. The molecule has 1 saturated heterocycles. The van der Waals surface area contributed by atoms with Gasteiger partial charge in [0.2, 0.25) is 5.91 Å². The Kier molecular flexibility index (Phi) is 7.16. The molecule has 1 amide bonds. The zero-order valence-corrected chi connectivity index (χ0v) is 18.1. The second-order valence-electron chi connectivity index (χ2n) is 9.72. The highest BCUT2D eigenvalue weighted by Crippen LogP contribution is 2.40. The highest BCUT2D eigenvalue weighted by molar-refractivity contribution is 5.79. The molecule has 1 N–H and O–H groups in total. The monoisotopic (exact) mass is 386 g/mol. The van der Waals surface area contributed by atoms with Crippen molar-refractivity contribution in [1.82, 2.24) is 10.2 Å². The molecule has 0 aromatic heterocycles. The molecule has 1 saturated carbocycles. The fourth-order valence-corrected chi connectivity index (χ4v) is 4.96. The molecule has 4 heteroatoms. The summed E-state index contributed by atoms with van der Waals surface area (Å²) in [6.07, 6.45) is 4.38. The molecule has 1 heterocycles. The van der Waals surface area contributed by atoms with E-state index in [1.165, 1.54) is 18.4 Å². The van der Waals surface area contributed by atoms with Crippen LogP contribution >= 0.6 is 0 Å². The van der Waals surface area contributed by atoms with Crippen molar-refractivity contribution in [2.45, 2.75) is 65.5 Å². The van der Waals surface area contributed by atoms with Crippen molar-refractivity contribution >= 4 is 5.91 Å². The summed E-state index contributed by atoms with van der Waals surface area (Å²) in [6.45, 7) is 12.5. The van der Waals surface area contributed by atoms with Crippen LogP contribution in [0.15, 0.2) is 30.3 Å². The van der Waals surface area contributed by atoms with Gasteiger partial charge in [0.1, 0.15) is 0 Å². The van der Waals surface area contributed by atoms with Crippen LogP contribution in [0, 0.1) is 17.3 Å². The van der Waals surface area contributed by atoms with Crippen molar-refractivity contribution in [2.24, 2.45) is 17.3 Å². The Balaban J connectivity index is 1.63. The van der Waals surface area contributed by atoms with Crippen molar-refractivity contribution in [2.75, 3.05) is 26.3 Å². The molecule has 1 aliphatic heterocycles. The normalized spacial score (nSPS) is 26.4. The summed E-state index contributed by atoms with van der Waals surface area (Å²) in [5.74, 6) is 1.15. The number of rotatable bonds is 5. The minimum absolute atomic E-state index is 0.0772. The minimum atomic E-state index is 0.0772. The van der Waals surface area contributed by atoms with E-state index in [1.54, 1.807) is 0 Å². The van der Waals surface area contributed by atoms with E-state index < -0.39 is 0 Å². The van der Waals surface area contributed by atoms with Gasteiger partial charge in [-0.15, -0.1) is 0 Å². The first kappa shape index (κ1) is 21.3. The summed E-state index contributed by atoms with van der Waals surface area (Å²) >= 11 is 0. The van der Waals surface area contributed by atoms with E-state index in [1.807, 2.05) is 0 Å². The molecule has 0 spiro atoms. The van der Waals surface area contributed by atoms with Gasteiger partial charge in [-0.05, 0) is 49.5 Å². The summed E-state index contributed by atoms with van der Waals surface area (Å²) in [6, 6.07) is 10.9. The molecule has 1 aromatic carbocycles. The molecule has 0 unspecified atom stereocenters. The molecule has 156 valence electrons. The summed E-state index contributed by atoms with van der Waals surface area (Å²) in [5, 5.41) is 3.38. The number of morpholine rings is 1. The summed E-state index contributed by atoms with van der Waals surface area (Å²) in [5.41, 5.74) is 1.62. The summed E-state index contributed by atoms with van der Waals surface area (Å²) in [4.78, 5) is 15.5. The molecule has 2 atom stereocenters. The highest BCUT2D eigenvalue weighted by atomic mass is 16.5. The van der Waals surface area contributed by atoms with Gasteiger partial charge in [-0.1, -0.05) is 51.1 Å². The van der Waals surface area contributed by atoms with Gasteiger partial charge < -0.3 is 10.1 Å². The number of ether oxygens (including phenoxy) is 1. The minimum Gasteiger partial charge on any atom is -0.379 e. The van der Waals surface area contributed by atoms with Crippen LogP contribution < -0.4 is 5.32 Å². The highest BCUT2D eigenvalue weighted by Gasteiger charge is 2.34. The van der Waals surface area contributed by atoms with Crippen LogP contribution in [0.1, 0.15) is 65.0 Å². The van der Waals surface area contributed by atoms with Crippen LogP contribution in [0.4, 0.5) is 0 Å². The van der Waals surface area contributed by atoms with Crippen LogP contribution in [0.5, 0.6) is 0 Å². The van der Waals surface area contributed by atoms with Crippen molar-refractivity contribution in [3.05, 3.63) is 35.9 Å². The Labute approximate surface area is 171 Å². The lowest BCUT2D eigenvalue weighted by Gasteiger charge is -2.40. The van der Waals surface area contributed by atoms with E-state index >= 15 is 0 Å². The number of carbonyl (C=O) groups is 1. The number of nitrogens with one attached hydrogen (secondary N) is 1. The number of benzene rings is 1. The summed E-state index contributed by atoms with van der Waals surface area (Å²) in [7, 11) is 0. The maximum absolute atomic E-state index is 13.0. The van der Waals surface area contributed by atoms with E-state index in [4.69, 9.17) is 4.74 Å². The third-order valence-electron chi connectivity index (χ3n) is 6.75. The Bertz CT molecular complexity index is 611. The Morgan fingerprint density at radius 3 is 2.25 bits per heavy atom. The van der Waals surface area contributed by atoms with Crippen LogP contribution in [0.2, 0.25) is 0 Å². The van der Waals surface area contributed by atoms with Crippen LogP contribution in [-0.4, -0.2) is 43.2 Å². The Morgan fingerprint density at radius 1 is 1.07 bits per heavy atom. The van der Waals surface area contributed by atoms with Gasteiger partial charge in [-0.3, -0.25) is 9.69 Å². The van der Waals surface area contributed by atoms with Gasteiger partial charge in [0.25, 0.3) is 0 Å². The van der Waals surface area contributed by atoms with E-state index in [-0.39, 0.29) is 23.9 Å². The lowest BCUT2D eigenvalue weighted by Crippen LogP contribution is -2.49. The first-order valence-corrected chi connectivity index (χ1v) is 11.0. The molecule has 4 nitrogen and oxygen atoms in total. The van der Waals surface area contributed by atoms with Crippen LogP contribution in [0.25, 0.3) is 0 Å². The third kappa shape index (κ3) is 5.36. The topological polar surface area (TPSA) is 41.6 Å². The average molecular weight is 387 g/mol. The van der Waals surface area contributed by atoms with Gasteiger partial charge >= 0.3 is 0 Å². The first-order valence-electron chi connectivity index (χ1n) is 11.0. The maximum atomic E-state index is 13.0. The SMILES string of the molecule is C[C@@H](NC(=O)C1CCC(C(C)(C)C)CC1)[C@@H](c1ccccc1)N1CCOCC1. The largest absolute Gasteiger partial charge is 0.379 e. The smallest absolute Gasteiger partial charge is 0.223 e. The molecule has 1 aliphatic carbocycles. The van der Waals surface area contributed by atoms with E-state index in [9.17, 15) is 4.79 Å². The van der Waals surface area contributed by atoms with E-state index in [0.717, 1.165) is 45.1 Å². The number of carbonyl (C=O) groups excluding carboxylic acids is 1. The van der Waals surface area contributed by atoms with E-state index in [2.05, 4.69) is 68.2 Å². The molecular weight excluding hydrogens is 348 g/mol. The van der Waals surface area contributed by atoms with Crippen LogP contribution in [-0.2, 0) is 9.53 Å². The van der Waals surface area contributed by atoms with Gasteiger partial charge in [-0.2, -0.15) is 0 Å². The van der Waals surface area contributed by atoms with Crippen molar-refractivity contribution < 1.29 is 9.53 Å². The van der Waals surface area contributed by atoms with Crippen molar-refractivity contribution in [3.8, 4) is 0 Å². The van der Waals surface area contributed by atoms with Crippen molar-refractivity contribution in [1.29, 1.82) is 0 Å². The predicted molar refractivity (Wildman–Crippen MR) is 114 cm³/mol. The number of nitrogens with zero attached hydrogens (tertiary/aromatic N) is 1. The van der Waals surface area contributed by atoms with Crippen molar-refractivity contribution in [3.63, 3.8) is 0 Å². The standard InChI is InChI=1S/C24H38N2O2/c1-18(25-23(27)20-10-12-21(13-11-20)24(2,3)4)22(19-8-6-5-7-9-19)26-14-16-28-17-15-26/h5-9,18,20-22H,10-17H2,1-4H3,(H,25,27)/t18-,20?,21?,22+/m1/s1. The average Bonchev–Trinajstić information content (AvgIpc) is 2.69. The molecule has 1 aromatic rings. The number of hydrogen-bond acceptors (Lipinski definition) is 3. The second-order valence-corrected chi connectivity index (χ2v) is 9.72.